The zero-order valence-corrected chi connectivity index (χ0v) is 12.9. The van der Waals surface area contributed by atoms with Gasteiger partial charge in [0.2, 0.25) is 0 Å². The molecule has 1 fully saturated rings. The first-order valence-corrected chi connectivity index (χ1v) is 7.94. The largest absolute Gasteiger partial charge is 0.306 e. The molecule has 0 amide bonds. The lowest BCUT2D eigenvalue weighted by Crippen LogP contribution is -2.43. The van der Waals surface area contributed by atoms with E-state index < -0.39 is 0 Å². The molecule has 2 rings (SSSR count). The highest BCUT2D eigenvalue weighted by atomic mass is 15.2. The molecule has 19 heavy (non-hydrogen) atoms. The van der Waals surface area contributed by atoms with Crippen LogP contribution in [0.25, 0.3) is 0 Å². The average Bonchev–Trinajstić information content (AvgIpc) is 2.36. The lowest BCUT2D eigenvalue weighted by atomic mass is 9.86. The second-order valence-corrected chi connectivity index (χ2v) is 6.41. The third-order valence-electron chi connectivity index (χ3n) is 4.49. The Morgan fingerprint density at radius 2 is 1.84 bits per heavy atom. The highest BCUT2D eigenvalue weighted by molar-refractivity contribution is 5.24. The second kappa shape index (κ2) is 7.09. The maximum absolute atomic E-state index is 2.42. The van der Waals surface area contributed by atoms with Gasteiger partial charge in [-0.15, -0.1) is 0 Å². The minimum atomic E-state index is 0.781. The molecule has 0 saturated carbocycles. The van der Waals surface area contributed by atoms with Crippen molar-refractivity contribution in [2.45, 2.75) is 51.9 Å². The summed E-state index contributed by atoms with van der Waals surface area (Å²) in [5, 5.41) is 0. The smallest absolute Gasteiger partial charge is 0.00190 e. The Kier molecular flexibility index (Phi) is 5.45. The van der Waals surface area contributed by atoms with Crippen molar-refractivity contribution >= 4 is 0 Å². The number of benzene rings is 1. The van der Waals surface area contributed by atoms with Crippen LogP contribution < -0.4 is 0 Å². The summed E-state index contributed by atoms with van der Waals surface area (Å²) in [4.78, 5) is 2.42. The molecule has 1 saturated heterocycles. The van der Waals surface area contributed by atoms with Crippen molar-refractivity contribution in [1.29, 1.82) is 0 Å². The number of nitrogens with zero attached hydrogens (tertiary/aromatic N) is 1. The molecule has 0 bridgehead atoms. The van der Waals surface area contributed by atoms with E-state index in [2.05, 4.69) is 50.1 Å². The molecule has 0 spiro atoms. The van der Waals surface area contributed by atoms with Gasteiger partial charge >= 0.3 is 0 Å². The van der Waals surface area contributed by atoms with Crippen molar-refractivity contribution < 1.29 is 0 Å². The lowest BCUT2D eigenvalue weighted by molar-refractivity contribution is 0.124. The fourth-order valence-electron chi connectivity index (χ4n) is 3.33. The van der Waals surface area contributed by atoms with Gasteiger partial charge in [0.15, 0.2) is 0 Å². The molecule has 106 valence electrons. The van der Waals surface area contributed by atoms with Crippen LogP contribution in [0.5, 0.6) is 0 Å². The van der Waals surface area contributed by atoms with Crippen LogP contribution in [-0.2, 0) is 0 Å². The number of likely N-dealkylation sites (tertiary alicyclic amines) is 1. The molecule has 1 aromatic carbocycles. The Bertz CT molecular complexity index is 362. The maximum atomic E-state index is 2.42. The van der Waals surface area contributed by atoms with Crippen molar-refractivity contribution in [1.82, 2.24) is 4.90 Å². The van der Waals surface area contributed by atoms with Crippen LogP contribution >= 0.6 is 0 Å². The molecule has 0 radical (unpaired) electrons. The molecule has 0 N–H and O–H groups in total. The highest BCUT2D eigenvalue weighted by Crippen LogP contribution is 2.29. The molecule has 1 atom stereocenters. The lowest BCUT2D eigenvalue weighted by Gasteiger charge is -2.36. The van der Waals surface area contributed by atoms with Crippen molar-refractivity contribution in [2.75, 3.05) is 20.1 Å². The number of hydrogen-bond donors (Lipinski definition) is 0. The first kappa shape index (κ1) is 14.6. The molecule has 0 aliphatic carbocycles. The summed E-state index contributed by atoms with van der Waals surface area (Å²) in [5.74, 6) is 1.76. The van der Waals surface area contributed by atoms with Crippen molar-refractivity contribution in [3.05, 3.63) is 35.4 Å². The van der Waals surface area contributed by atoms with Crippen molar-refractivity contribution in [3.8, 4) is 0 Å². The summed E-state index contributed by atoms with van der Waals surface area (Å²) in [5.41, 5.74) is 2.93. The summed E-state index contributed by atoms with van der Waals surface area (Å²) >= 11 is 0. The predicted molar refractivity (Wildman–Crippen MR) is 83.7 cm³/mol. The van der Waals surface area contributed by atoms with Gasteiger partial charge in [-0.05, 0) is 50.6 Å². The molecule has 1 unspecified atom stereocenters. The molecular formula is C18H29N. The van der Waals surface area contributed by atoms with Crippen LogP contribution in [0.1, 0.15) is 56.1 Å². The van der Waals surface area contributed by atoms with E-state index in [0.717, 1.165) is 11.8 Å². The summed E-state index contributed by atoms with van der Waals surface area (Å²) in [6.45, 7) is 7.12. The van der Waals surface area contributed by atoms with Gasteiger partial charge in [-0.25, -0.2) is 0 Å². The normalized spacial score (nSPS) is 18.3. The molecular weight excluding hydrogens is 230 g/mol. The van der Waals surface area contributed by atoms with Crippen molar-refractivity contribution in [2.24, 2.45) is 5.92 Å². The zero-order valence-electron chi connectivity index (χ0n) is 12.9. The Balaban J connectivity index is 1.80. The van der Waals surface area contributed by atoms with E-state index in [1.165, 1.54) is 50.8 Å². The number of rotatable bonds is 7. The van der Waals surface area contributed by atoms with Crippen LogP contribution in [0.2, 0.25) is 0 Å². The van der Waals surface area contributed by atoms with Gasteiger partial charge in [0.05, 0.1) is 0 Å². The first-order valence-electron chi connectivity index (χ1n) is 7.94. The second-order valence-electron chi connectivity index (χ2n) is 6.41. The maximum Gasteiger partial charge on any atom is 0.00190 e. The van der Waals surface area contributed by atoms with Crippen LogP contribution in [0.3, 0.4) is 0 Å². The molecule has 1 aliphatic heterocycles. The number of aryl methyl sites for hydroxylation is 1. The van der Waals surface area contributed by atoms with Crippen LogP contribution in [0.15, 0.2) is 24.3 Å². The molecule has 1 nitrogen and oxygen atoms in total. The van der Waals surface area contributed by atoms with Gasteiger partial charge in [-0.2, -0.15) is 0 Å². The van der Waals surface area contributed by atoms with E-state index >= 15 is 0 Å². The van der Waals surface area contributed by atoms with E-state index in [4.69, 9.17) is 0 Å². The minimum absolute atomic E-state index is 0.781. The molecule has 1 aromatic rings. The van der Waals surface area contributed by atoms with E-state index in [1.54, 1.807) is 5.56 Å². The highest BCUT2D eigenvalue weighted by Gasteiger charge is 2.22. The van der Waals surface area contributed by atoms with E-state index in [-0.39, 0.29) is 0 Å². The van der Waals surface area contributed by atoms with E-state index in [9.17, 15) is 0 Å². The fourth-order valence-corrected chi connectivity index (χ4v) is 3.33. The van der Waals surface area contributed by atoms with Gasteiger partial charge in [0, 0.05) is 13.1 Å². The quantitative estimate of drug-likeness (QED) is 0.691. The van der Waals surface area contributed by atoms with E-state index in [1.807, 2.05) is 0 Å². The molecule has 1 heteroatoms. The van der Waals surface area contributed by atoms with Crippen LogP contribution in [-0.4, -0.2) is 25.0 Å². The Labute approximate surface area is 119 Å². The summed E-state index contributed by atoms with van der Waals surface area (Å²) in [6, 6.07) is 9.21. The zero-order chi connectivity index (χ0) is 13.7. The average molecular weight is 259 g/mol. The van der Waals surface area contributed by atoms with Gasteiger partial charge in [0.25, 0.3) is 0 Å². The fraction of sp³-hybridized carbons (Fsp3) is 0.667. The summed E-state index contributed by atoms with van der Waals surface area (Å²) in [6.07, 6.45) is 6.84. The van der Waals surface area contributed by atoms with E-state index in [0.29, 0.717) is 0 Å². The third kappa shape index (κ3) is 4.35. The Hall–Kier alpha value is -0.820. The topological polar surface area (TPSA) is 3.24 Å². The Morgan fingerprint density at radius 1 is 1.16 bits per heavy atom. The van der Waals surface area contributed by atoms with Crippen LogP contribution in [0.4, 0.5) is 0 Å². The SMILES string of the molecule is CCCC(CCCC1CN(C)C1)c1ccc(C)cc1. The Morgan fingerprint density at radius 3 is 2.42 bits per heavy atom. The van der Waals surface area contributed by atoms with Crippen LogP contribution in [0, 0.1) is 12.8 Å². The summed E-state index contributed by atoms with van der Waals surface area (Å²) < 4.78 is 0. The molecule has 0 aromatic heterocycles. The number of hydrogen-bond acceptors (Lipinski definition) is 1. The monoisotopic (exact) mass is 259 g/mol. The third-order valence-corrected chi connectivity index (χ3v) is 4.49. The summed E-state index contributed by atoms with van der Waals surface area (Å²) in [7, 11) is 2.22. The van der Waals surface area contributed by atoms with Gasteiger partial charge in [-0.1, -0.05) is 49.6 Å². The van der Waals surface area contributed by atoms with Gasteiger partial charge in [-0.3, -0.25) is 0 Å². The van der Waals surface area contributed by atoms with Crippen molar-refractivity contribution in [3.63, 3.8) is 0 Å². The van der Waals surface area contributed by atoms with Gasteiger partial charge < -0.3 is 4.90 Å². The predicted octanol–water partition coefficient (Wildman–Crippen LogP) is 4.61. The first-order chi connectivity index (χ1) is 9.19. The molecule has 1 aliphatic rings. The molecule has 1 heterocycles. The van der Waals surface area contributed by atoms with Gasteiger partial charge in [0.1, 0.15) is 0 Å². The minimum Gasteiger partial charge on any atom is -0.306 e. The standard InChI is InChI=1S/C18H29N/c1-4-6-17(18-11-9-15(2)10-12-18)8-5-7-16-13-19(3)14-16/h9-12,16-17H,4-8,13-14H2,1-3H3.